The standard InChI is InChI=1S/C9H10N2O3S3/c12-5-7-3-9(16-6-7)17(13,14)11-4-8-10-1-2-15-8/h1-3,6,11-12H,4-5H2. The van der Waals surface area contributed by atoms with E-state index in [9.17, 15) is 8.42 Å². The van der Waals surface area contributed by atoms with Crippen molar-refractivity contribution in [1.29, 1.82) is 0 Å². The molecule has 0 aromatic carbocycles. The van der Waals surface area contributed by atoms with Crippen molar-refractivity contribution in [3.63, 3.8) is 0 Å². The van der Waals surface area contributed by atoms with Crippen LogP contribution in [0.2, 0.25) is 0 Å². The summed E-state index contributed by atoms with van der Waals surface area (Å²) >= 11 is 2.48. The normalized spacial score (nSPS) is 11.8. The van der Waals surface area contributed by atoms with Crippen LogP contribution in [0, 0.1) is 0 Å². The van der Waals surface area contributed by atoms with Gasteiger partial charge < -0.3 is 5.11 Å². The summed E-state index contributed by atoms with van der Waals surface area (Å²) in [6.45, 7) is 0.0326. The van der Waals surface area contributed by atoms with Crippen LogP contribution >= 0.6 is 22.7 Å². The number of nitrogens with zero attached hydrogens (tertiary/aromatic N) is 1. The minimum atomic E-state index is -3.50. The third-order valence-electron chi connectivity index (χ3n) is 1.97. The van der Waals surface area contributed by atoms with Crippen molar-refractivity contribution in [2.24, 2.45) is 0 Å². The third-order valence-corrected chi connectivity index (χ3v) is 5.64. The van der Waals surface area contributed by atoms with E-state index in [1.807, 2.05) is 0 Å². The first-order valence-corrected chi connectivity index (χ1v) is 7.92. The van der Waals surface area contributed by atoms with E-state index in [1.54, 1.807) is 17.0 Å². The topological polar surface area (TPSA) is 79.3 Å². The molecular weight excluding hydrogens is 280 g/mol. The van der Waals surface area contributed by atoms with Crippen molar-refractivity contribution in [2.75, 3.05) is 0 Å². The molecule has 2 aromatic heterocycles. The van der Waals surface area contributed by atoms with Gasteiger partial charge in [-0.25, -0.2) is 18.1 Å². The molecule has 0 fully saturated rings. The summed E-state index contributed by atoms with van der Waals surface area (Å²) in [5.41, 5.74) is 0.602. The molecule has 17 heavy (non-hydrogen) atoms. The molecular formula is C9H10N2O3S3. The molecule has 2 heterocycles. The maximum Gasteiger partial charge on any atom is 0.250 e. The number of thiophene rings is 1. The predicted molar refractivity (Wildman–Crippen MR) is 66.4 cm³/mol. The highest BCUT2D eigenvalue weighted by molar-refractivity contribution is 7.91. The van der Waals surface area contributed by atoms with Crippen LogP contribution in [0.3, 0.4) is 0 Å². The van der Waals surface area contributed by atoms with Gasteiger partial charge in [0, 0.05) is 11.6 Å². The number of thiazole rings is 1. The van der Waals surface area contributed by atoms with Gasteiger partial charge in [0.15, 0.2) is 0 Å². The molecule has 0 unspecified atom stereocenters. The van der Waals surface area contributed by atoms with Gasteiger partial charge in [-0.3, -0.25) is 0 Å². The maximum absolute atomic E-state index is 11.9. The molecule has 5 nitrogen and oxygen atoms in total. The zero-order valence-corrected chi connectivity index (χ0v) is 11.1. The minimum absolute atomic E-state index is 0.154. The quantitative estimate of drug-likeness (QED) is 0.866. The molecule has 2 rings (SSSR count). The Hall–Kier alpha value is -0.800. The molecule has 0 bridgehead atoms. The number of hydrogen-bond acceptors (Lipinski definition) is 6. The summed E-state index contributed by atoms with van der Waals surface area (Å²) in [6.07, 6.45) is 1.63. The van der Waals surface area contributed by atoms with Crippen molar-refractivity contribution < 1.29 is 13.5 Å². The average Bonchev–Trinajstić information content (AvgIpc) is 2.98. The fourth-order valence-corrected chi connectivity index (χ4v) is 4.03. The van der Waals surface area contributed by atoms with E-state index in [2.05, 4.69) is 9.71 Å². The first kappa shape index (κ1) is 12.7. The second-order valence-electron chi connectivity index (χ2n) is 3.18. The second-order valence-corrected chi connectivity index (χ2v) is 7.07. The first-order valence-electron chi connectivity index (χ1n) is 4.68. The van der Waals surface area contributed by atoms with Gasteiger partial charge in [0.1, 0.15) is 9.22 Å². The number of aliphatic hydroxyl groups excluding tert-OH is 1. The summed E-state index contributed by atoms with van der Waals surface area (Å²) in [4.78, 5) is 3.99. The van der Waals surface area contributed by atoms with E-state index in [0.29, 0.717) is 10.6 Å². The molecule has 0 spiro atoms. The van der Waals surface area contributed by atoms with Crippen molar-refractivity contribution in [2.45, 2.75) is 17.4 Å². The summed E-state index contributed by atoms with van der Waals surface area (Å²) in [7, 11) is -3.50. The largest absolute Gasteiger partial charge is 0.392 e. The van der Waals surface area contributed by atoms with Crippen LogP contribution in [-0.4, -0.2) is 18.5 Å². The fraction of sp³-hybridized carbons (Fsp3) is 0.222. The van der Waals surface area contributed by atoms with Crippen LogP contribution in [0.25, 0.3) is 0 Å². The van der Waals surface area contributed by atoms with Crippen molar-refractivity contribution in [1.82, 2.24) is 9.71 Å². The summed E-state index contributed by atoms with van der Waals surface area (Å²) in [6, 6.07) is 1.47. The van der Waals surface area contributed by atoms with E-state index in [-0.39, 0.29) is 17.4 Å². The van der Waals surface area contributed by atoms with E-state index in [0.717, 1.165) is 11.3 Å². The Labute approximate surface area is 107 Å². The maximum atomic E-state index is 11.9. The molecule has 0 saturated heterocycles. The highest BCUT2D eigenvalue weighted by atomic mass is 32.2. The van der Waals surface area contributed by atoms with Crippen molar-refractivity contribution in [3.8, 4) is 0 Å². The monoisotopic (exact) mass is 290 g/mol. The van der Waals surface area contributed by atoms with Gasteiger partial charge in [-0.1, -0.05) is 0 Å². The van der Waals surface area contributed by atoms with Crippen molar-refractivity contribution in [3.05, 3.63) is 33.6 Å². The molecule has 0 aliphatic carbocycles. The van der Waals surface area contributed by atoms with Gasteiger partial charge in [0.05, 0.1) is 13.2 Å². The number of nitrogens with one attached hydrogen (secondary N) is 1. The van der Waals surface area contributed by atoms with Gasteiger partial charge >= 0.3 is 0 Å². The number of rotatable bonds is 5. The van der Waals surface area contributed by atoms with Crippen LogP contribution in [0.15, 0.2) is 27.2 Å². The molecule has 0 atom stereocenters. The molecule has 0 amide bonds. The van der Waals surface area contributed by atoms with Gasteiger partial charge in [0.25, 0.3) is 0 Å². The van der Waals surface area contributed by atoms with Gasteiger partial charge in [-0.15, -0.1) is 22.7 Å². The Morgan fingerprint density at radius 2 is 2.24 bits per heavy atom. The van der Waals surface area contributed by atoms with E-state index in [4.69, 9.17) is 5.11 Å². The fourth-order valence-electron chi connectivity index (χ4n) is 1.15. The number of aromatic nitrogens is 1. The number of sulfonamides is 1. The van der Waals surface area contributed by atoms with Crippen LogP contribution in [0.4, 0.5) is 0 Å². The SMILES string of the molecule is O=S(=O)(NCc1nccs1)c1cc(CO)cs1. The lowest BCUT2D eigenvalue weighted by Gasteiger charge is -2.01. The Morgan fingerprint density at radius 3 is 2.82 bits per heavy atom. The van der Waals surface area contributed by atoms with Crippen LogP contribution in [-0.2, 0) is 23.2 Å². The Kier molecular flexibility index (Phi) is 3.89. The zero-order chi connectivity index (χ0) is 12.3. The molecule has 0 radical (unpaired) electrons. The van der Waals surface area contributed by atoms with E-state index in [1.165, 1.54) is 17.4 Å². The van der Waals surface area contributed by atoms with Crippen LogP contribution < -0.4 is 4.72 Å². The lowest BCUT2D eigenvalue weighted by molar-refractivity contribution is 0.282. The van der Waals surface area contributed by atoms with Gasteiger partial charge in [0.2, 0.25) is 10.0 Å². The summed E-state index contributed by atoms with van der Waals surface area (Å²) in [5.74, 6) is 0. The van der Waals surface area contributed by atoms with Gasteiger partial charge in [-0.2, -0.15) is 0 Å². The molecule has 0 aliphatic rings. The second kappa shape index (κ2) is 5.23. The molecule has 2 N–H and O–H groups in total. The lowest BCUT2D eigenvalue weighted by atomic mass is 10.4. The minimum Gasteiger partial charge on any atom is -0.392 e. The molecule has 92 valence electrons. The van der Waals surface area contributed by atoms with Gasteiger partial charge in [-0.05, 0) is 17.0 Å². The lowest BCUT2D eigenvalue weighted by Crippen LogP contribution is -2.22. The highest BCUT2D eigenvalue weighted by Crippen LogP contribution is 2.20. The average molecular weight is 290 g/mol. The molecule has 0 saturated carbocycles. The highest BCUT2D eigenvalue weighted by Gasteiger charge is 2.16. The Balaban J connectivity index is 2.08. The Bertz CT molecular complexity index is 574. The molecule has 0 aliphatic heterocycles. The Morgan fingerprint density at radius 1 is 1.41 bits per heavy atom. The van der Waals surface area contributed by atoms with Crippen molar-refractivity contribution >= 4 is 32.7 Å². The smallest absolute Gasteiger partial charge is 0.250 e. The summed E-state index contributed by atoms with van der Waals surface area (Å²) in [5, 5.41) is 13.0. The zero-order valence-electron chi connectivity index (χ0n) is 8.66. The summed E-state index contributed by atoms with van der Waals surface area (Å²) < 4.78 is 26.4. The van der Waals surface area contributed by atoms with E-state index < -0.39 is 10.0 Å². The number of hydrogen-bond donors (Lipinski definition) is 2. The number of aliphatic hydroxyl groups is 1. The first-order chi connectivity index (χ1) is 8.12. The van der Waals surface area contributed by atoms with Crippen LogP contribution in [0.1, 0.15) is 10.6 Å². The molecule has 8 heteroatoms. The van der Waals surface area contributed by atoms with Crippen LogP contribution in [0.5, 0.6) is 0 Å². The third kappa shape index (κ3) is 3.11. The predicted octanol–water partition coefficient (Wildman–Crippen LogP) is 1.18. The molecule has 2 aromatic rings. The van der Waals surface area contributed by atoms with E-state index >= 15 is 0 Å².